The first-order valence-corrected chi connectivity index (χ1v) is 12.3. The molecule has 3 heterocycles. The highest BCUT2D eigenvalue weighted by Gasteiger charge is 2.28. The smallest absolute Gasteiger partial charge is 0.273 e. The number of hydrogen-bond acceptors (Lipinski definition) is 6. The molecule has 9 heteroatoms. The van der Waals surface area contributed by atoms with Crippen LogP contribution in [-0.4, -0.2) is 35.7 Å². The van der Waals surface area contributed by atoms with Crippen molar-refractivity contribution in [3.8, 4) is 5.75 Å². The summed E-state index contributed by atoms with van der Waals surface area (Å²) in [4.78, 5) is 33.0. The van der Waals surface area contributed by atoms with Crippen LogP contribution in [0.3, 0.4) is 0 Å². The van der Waals surface area contributed by atoms with Gasteiger partial charge in [-0.25, -0.2) is 9.37 Å². The maximum Gasteiger partial charge on any atom is 0.273 e. The van der Waals surface area contributed by atoms with Crippen molar-refractivity contribution in [1.82, 2.24) is 9.55 Å². The highest BCUT2D eigenvalue weighted by molar-refractivity contribution is 7.17. The van der Waals surface area contributed by atoms with Crippen molar-refractivity contribution in [1.29, 1.82) is 0 Å². The summed E-state index contributed by atoms with van der Waals surface area (Å²) >= 11 is 1.37. The Bertz CT molecular complexity index is 1390. The molecule has 0 saturated carbocycles. The van der Waals surface area contributed by atoms with Gasteiger partial charge in [0.25, 0.3) is 5.56 Å². The number of halogens is 1. The first-order valence-electron chi connectivity index (χ1n) is 11.4. The summed E-state index contributed by atoms with van der Waals surface area (Å²) in [6.07, 6.45) is 1.30. The average Bonchev–Trinajstić information content (AvgIpc) is 3.36. The van der Waals surface area contributed by atoms with Crippen LogP contribution in [0.2, 0.25) is 0 Å². The van der Waals surface area contributed by atoms with Gasteiger partial charge in [0, 0.05) is 24.7 Å². The Morgan fingerprint density at radius 2 is 1.83 bits per heavy atom. The number of ether oxygens (including phenoxy) is 1. The topological polar surface area (TPSA) is 76.5 Å². The van der Waals surface area contributed by atoms with E-state index in [0.717, 1.165) is 17.0 Å². The lowest BCUT2D eigenvalue weighted by molar-refractivity contribution is -0.120. The molecule has 0 radical (unpaired) electrons. The molecule has 1 aliphatic heterocycles. The minimum absolute atomic E-state index is 0.0141. The van der Waals surface area contributed by atoms with E-state index < -0.39 is 0 Å². The molecule has 1 N–H and O–H groups in total. The van der Waals surface area contributed by atoms with Gasteiger partial charge >= 0.3 is 0 Å². The van der Waals surface area contributed by atoms with E-state index in [1.807, 2.05) is 35.7 Å². The molecular weight excluding hydrogens is 467 g/mol. The number of piperidine rings is 1. The first kappa shape index (κ1) is 23.0. The van der Waals surface area contributed by atoms with Crippen molar-refractivity contribution in [2.45, 2.75) is 19.4 Å². The molecule has 7 nitrogen and oxygen atoms in total. The van der Waals surface area contributed by atoms with Crippen molar-refractivity contribution in [3.63, 3.8) is 0 Å². The van der Waals surface area contributed by atoms with E-state index in [1.165, 1.54) is 23.5 Å². The molecule has 1 aliphatic rings. The molecule has 35 heavy (non-hydrogen) atoms. The van der Waals surface area contributed by atoms with E-state index >= 15 is 0 Å². The zero-order valence-electron chi connectivity index (χ0n) is 19.2. The fourth-order valence-electron chi connectivity index (χ4n) is 4.35. The van der Waals surface area contributed by atoms with Gasteiger partial charge in [-0.15, -0.1) is 11.3 Å². The van der Waals surface area contributed by atoms with Gasteiger partial charge in [-0.1, -0.05) is 12.1 Å². The standard InChI is InChI=1S/C26H25FN4O3S/c1-34-21-8-6-20(7-9-21)28-24(32)18-10-13-30(14-11-18)26-29-22-12-15-35-23(22)25(33)31(26)16-17-2-4-19(27)5-3-17/h2-9,12,15,18H,10-11,13-14,16H2,1H3,(H,28,32). The zero-order valence-corrected chi connectivity index (χ0v) is 20.1. The van der Waals surface area contributed by atoms with Crippen LogP contribution in [0.25, 0.3) is 10.2 Å². The number of hydrogen-bond donors (Lipinski definition) is 1. The van der Waals surface area contributed by atoms with Crippen molar-refractivity contribution in [2.24, 2.45) is 5.92 Å². The number of carbonyl (C=O) groups excluding carboxylic acids is 1. The highest BCUT2D eigenvalue weighted by Crippen LogP contribution is 2.26. The van der Waals surface area contributed by atoms with Gasteiger partial charge in [0.2, 0.25) is 11.9 Å². The third kappa shape index (κ3) is 4.90. The fraction of sp³-hybridized carbons (Fsp3) is 0.269. The number of thiophene rings is 1. The van der Waals surface area contributed by atoms with Gasteiger partial charge in [-0.2, -0.15) is 0 Å². The fourth-order valence-corrected chi connectivity index (χ4v) is 5.13. The summed E-state index contributed by atoms with van der Waals surface area (Å²) in [6, 6.07) is 15.3. The number of nitrogens with zero attached hydrogens (tertiary/aromatic N) is 3. The lowest BCUT2D eigenvalue weighted by atomic mass is 9.96. The number of anilines is 2. The summed E-state index contributed by atoms with van der Waals surface area (Å²) in [6.45, 7) is 1.51. The van der Waals surface area contributed by atoms with Crippen LogP contribution in [-0.2, 0) is 11.3 Å². The lowest BCUT2D eigenvalue weighted by Gasteiger charge is -2.33. The van der Waals surface area contributed by atoms with Crippen LogP contribution in [0.15, 0.2) is 64.8 Å². The monoisotopic (exact) mass is 492 g/mol. The van der Waals surface area contributed by atoms with Gasteiger partial charge in [-0.05, 0) is 66.2 Å². The number of benzene rings is 2. The molecule has 1 fully saturated rings. The molecule has 0 aliphatic carbocycles. The van der Waals surface area contributed by atoms with Crippen molar-refractivity contribution in [3.05, 3.63) is 81.7 Å². The van der Waals surface area contributed by atoms with Crippen LogP contribution in [0, 0.1) is 11.7 Å². The summed E-state index contributed by atoms with van der Waals surface area (Å²) in [7, 11) is 1.60. The summed E-state index contributed by atoms with van der Waals surface area (Å²) in [5, 5.41) is 4.84. The van der Waals surface area contributed by atoms with Crippen molar-refractivity contribution < 1.29 is 13.9 Å². The molecule has 2 aromatic carbocycles. The van der Waals surface area contributed by atoms with Crippen LogP contribution >= 0.6 is 11.3 Å². The Balaban J connectivity index is 1.33. The van der Waals surface area contributed by atoms with Crippen LogP contribution in [0.4, 0.5) is 16.0 Å². The first-order chi connectivity index (χ1) is 17.0. The number of rotatable bonds is 6. The second-order valence-electron chi connectivity index (χ2n) is 8.54. The average molecular weight is 493 g/mol. The van der Waals surface area contributed by atoms with E-state index in [1.54, 1.807) is 23.8 Å². The maximum absolute atomic E-state index is 13.4. The Kier molecular flexibility index (Phi) is 6.50. The molecule has 2 aromatic heterocycles. The molecule has 180 valence electrons. The molecule has 0 atom stereocenters. The van der Waals surface area contributed by atoms with E-state index in [-0.39, 0.29) is 23.2 Å². The number of aromatic nitrogens is 2. The van der Waals surface area contributed by atoms with E-state index in [4.69, 9.17) is 9.72 Å². The minimum atomic E-state index is -0.317. The Labute approximate surface area is 205 Å². The molecular formula is C26H25FN4O3S. The van der Waals surface area contributed by atoms with Crippen LogP contribution < -0.4 is 20.5 Å². The van der Waals surface area contributed by atoms with Crippen molar-refractivity contribution in [2.75, 3.05) is 30.4 Å². The molecule has 1 saturated heterocycles. The van der Waals surface area contributed by atoms with E-state index in [9.17, 15) is 14.0 Å². The normalized spacial score (nSPS) is 14.3. The number of nitrogens with one attached hydrogen (secondary N) is 1. The second kappa shape index (κ2) is 9.87. The predicted octanol–water partition coefficient (Wildman–Crippen LogP) is 4.51. The van der Waals surface area contributed by atoms with Gasteiger partial charge in [0.1, 0.15) is 16.3 Å². The van der Waals surface area contributed by atoms with E-state index in [2.05, 4.69) is 10.2 Å². The summed E-state index contributed by atoms with van der Waals surface area (Å²) in [5.41, 5.74) is 2.12. The maximum atomic E-state index is 13.4. The molecule has 0 spiro atoms. The second-order valence-corrected chi connectivity index (χ2v) is 9.46. The van der Waals surface area contributed by atoms with Gasteiger partial charge < -0.3 is 15.0 Å². The quantitative estimate of drug-likeness (QED) is 0.429. The Morgan fingerprint density at radius 3 is 2.51 bits per heavy atom. The zero-order chi connectivity index (χ0) is 24.4. The highest BCUT2D eigenvalue weighted by atomic mass is 32.1. The number of fused-ring (bicyclic) bond motifs is 1. The number of amides is 1. The third-order valence-corrected chi connectivity index (χ3v) is 7.20. The van der Waals surface area contributed by atoms with E-state index in [0.29, 0.717) is 48.6 Å². The Hall–Kier alpha value is -3.72. The molecule has 1 amide bonds. The van der Waals surface area contributed by atoms with Crippen LogP contribution in [0.5, 0.6) is 5.75 Å². The number of methoxy groups -OCH3 is 1. The summed E-state index contributed by atoms with van der Waals surface area (Å²) < 4.78 is 20.8. The van der Waals surface area contributed by atoms with Gasteiger partial charge in [-0.3, -0.25) is 14.2 Å². The minimum Gasteiger partial charge on any atom is -0.497 e. The predicted molar refractivity (Wildman–Crippen MR) is 136 cm³/mol. The SMILES string of the molecule is COc1ccc(NC(=O)C2CCN(c3nc4ccsc4c(=O)n3Cc3ccc(F)cc3)CC2)cc1. The van der Waals surface area contributed by atoms with Gasteiger partial charge in [0.15, 0.2) is 0 Å². The number of carbonyl (C=O) groups is 1. The molecule has 0 bridgehead atoms. The molecule has 5 rings (SSSR count). The lowest BCUT2D eigenvalue weighted by Crippen LogP contribution is -2.41. The molecule has 0 unspecified atom stereocenters. The molecule has 4 aromatic rings. The van der Waals surface area contributed by atoms with Gasteiger partial charge in [0.05, 0.1) is 19.2 Å². The van der Waals surface area contributed by atoms with Crippen molar-refractivity contribution >= 4 is 39.1 Å². The largest absolute Gasteiger partial charge is 0.497 e. The Morgan fingerprint density at radius 1 is 1.11 bits per heavy atom. The summed E-state index contributed by atoms with van der Waals surface area (Å²) in [5.74, 6) is 0.857. The third-order valence-electron chi connectivity index (χ3n) is 6.31. The van der Waals surface area contributed by atoms with Crippen LogP contribution in [0.1, 0.15) is 18.4 Å².